The van der Waals surface area contributed by atoms with Gasteiger partial charge in [0.2, 0.25) is 5.88 Å². The zero-order valence-electron chi connectivity index (χ0n) is 12.2. The lowest BCUT2D eigenvalue weighted by Gasteiger charge is -2.31. The highest BCUT2D eigenvalue weighted by Crippen LogP contribution is 2.22. The predicted molar refractivity (Wildman–Crippen MR) is 75.4 cm³/mol. The van der Waals surface area contributed by atoms with Gasteiger partial charge in [-0.05, 0) is 32.4 Å². The zero-order valence-corrected chi connectivity index (χ0v) is 12.2. The first-order valence-corrected chi connectivity index (χ1v) is 7.11. The molecule has 5 nitrogen and oxygen atoms in total. The van der Waals surface area contributed by atoms with Crippen LogP contribution in [0, 0.1) is 5.92 Å². The molecule has 1 unspecified atom stereocenters. The first-order chi connectivity index (χ1) is 9.74. The molecule has 1 aliphatic rings. The van der Waals surface area contributed by atoms with E-state index in [2.05, 4.69) is 9.88 Å². The summed E-state index contributed by atoms with van der Waals surface area (Å²) in [6, 6.07) is 3.92. The number of aromatic nitrogens is 1. The highest BCUT2D eigenvalue weighted by molar-refractivity contribution is 5.72. The molecular formula is C15H22N2O3. The minimum atomic E-state index is -0.0737. The Hall–Kier alpha value is -1.62. The molecule has 1 aliphatic heterocycles. The summed E-state index contributed by atoms with van der Waals surface area (Å²) < 4.78 is 10.4. The molecule has 20 heavy (non-hydrogen) atoms. The van der Waals surface area contributed by atoms with Crippen molar-refractivity contribution in [3.8, 4) is 5.88 Å². The lowest BCUT2D eigenvalue weighted by atomic mass is 9.98. The van der Waals surface area contributed by atoms with E-state index < -0.39 is 0 Å². The van der Waals surface area contributed by atoms with Crippen LogP contribution in [0.4, 0.5) is 0 Å². The molecule has 0 saturated carbocycles. The summed E-state index contributed by atoms with van der Waals surface area (Å²) in [4.78, 5) is 18.3. The fourth-order valence-electron chi connectivity index (χ4n) is 2.62. The Bertz CT molecular complexity index is 450. The van der Waals surface area contributed by atoms with Gasteiger partial charge >= 0.3 is 5.97 Å². The highest BCUT2D eigenvalue weighted by Gasteiger charge is 2.27. The number of rotatable bonds is 5. The van der Waals surface area contributed by atoms with Gasteiger partial charge in [0, 0.05) is 24.8 Å². The van der Waals surface area contributed by atoms with Crippen LogP contribution in [-0.2, 0) is 16.1 Å². The molecule has 1 atom stereocenters. The molecule has 0 aromatic carbocycles. The Morgan fingerprint density at radius 1 is 1.55 bits per heavy atom. The Kier molecular flexibility index (Phi) is 5.35. The van der Waals surface area contributed by atoms with Crippen LogP contribution in [0.5, 0.6) is 5.88 Å². The molecule has 1 fully saturated rings. The van der Waals surface area contributed by atoms with Gasteiger partial charge in [-0.25, -0.2) is 4.98 Å². The topological polar surface area (TPSA) is 51.7 Å². The third kappa shape index (κ3) is 3.70. The minimum Gasteiger partial charge on any atom is -0.481 e. The van der Waals surface area contributed by atoms with Gasteiger partial charge in [0.05, 0.1) is 19.6 Å². The number of methoxy groups -OCH3 is 1. The van der Waals surface area contributed by atoms with Gasteiger partial charge in [-0.3, -0.25) is 9.69 Å². The molecule has 0 amide bonds. The third-order valence-corrected chi connectivity index (χ3v) is 3.56. The van der Waals surface area contributed by atoms with E-state index in [4.69, 9.17) is 9.47 Å². The van der Waals surface area contributed by atoms with E-state index >= 15 is 0 Å². The second-order valence-corrected chi connectivity index (χ2v) is 5.00. The van der Waals surface area contributed by atoms with Gasteiger partial charge in [0.15, 0.2) is 0 Å². The van der Waals surface area contributed by atoms with Crippen molar-refractivity contribution in [3.05, 3.63) is 23.9 Å². The number of carbonyl (C=O) groups is 1. The second-order valence-electron chi connectivity index (χ2n) is 5.00. The Morgan fingerprint density at radius 3 is 3.15 bits per heavy atom. The van der Waals surface area contributed by atoms with E-state index in [1.807, 2.05) is 19.1 Å². The number of ether oxygens (including phenoxy) is 2. The van der Waals surface area contributed by atoms with E-state index in [-0.39, 0.29) is 11.9 Å². The van der Waals surface area contributed by atoms with E-state index in [0.29, 0.717) is 12.5 Å². The SMILES string of the molecule is CCOC(=O)C1CCCN(Cc2cccnc2OC)C1. The molecule has 0 spiro atoms. The lowest BCUT2D eigenvalue weighted by Crippen LogP contribution is -2.39. The fraction of sp³-hybridized carbons (Fsp3) is 0.600. The van der Waals surface area contributed by atoms with E-state index in [0.717, 1.165) is 38.0 Å². The number of likely N-dealkylation sites (tertiary alicyclic amines) is 1. The van der Waals surface area contributed by atoms with Crippen LogP contribution in [0.3, 0.4) is 0 Å². The van der Waals surface area contributed by atoms with Crippen LogP contribution in [0.1, 0.15) is 25.3 Å². The molecule has 0 N–H and O–H groups in total. The number of hydrogen-bond acceptors (Lipinski definition) is 5. The van der Waals surface area contributed by atoms with Crippen molar-refractivity contribution in [2.45, 2.75) is 26.3 Å². The molecule has 2 heterocycles. The first-order valence-electron chi connectivity index (χ1n) is 7.11. The average Bonchev–Trinajstić information content (AvgIpc) is 2.48. The predicted octanol–water partition coefficient (Wildman–Crippen LogP) is 1.87. The van der Waals surface area contributed by atoms with Gasteiger partial charge in [-0.1, -0.05) is 6.07 Å². The molecule has 1 aromatic heterocycles. The molecule has 2 rings (SSSR count). The Morgan fingerprint density at radius 2 is 2.40 bits per heavy atom. The monoisotopic (exact) mass is 278 g/mol. The zero-order chi connectivity index (χ0) is 14.4. The maximum atomic E-state index is 11.8. The third-order valence-electron chi connectivity index (χ3n) is 3.56. The van der Waals surface area contributed by atoms with Crippen LogP contribution in [0.2, 0.25) is 0 Å². The standard InChI is InChI=1S/C15H22N2O3/c1-3-20-15(18)13-7-5-9-17(11-13)10-12-6-4-8-16-14(12)19-2/h4,6,8,13H,3,5,7,9-11H2,1-2H3. The van der Waals surface area contributed by atoms with Gasteiger partial charge in [-0.15, -0.1) is 0 Å². The lowest BCUT2D eigenvalue weighted by molar-refractivity contribution is -0.150. The average molecular weight is 278 g/mol. The van der Waals surface area contributed by atoms with Crippen LogP contribution in [0.15, 0.2) is 18.3 Å². The summed E-state index contributed by atoms with van der Waals surface area (Å²) in [6.07, 6.45) is 3.66. The highest BCUT2D eigenvalue weighted by atomic mass is 16.5. The minimum absolute atomic E-state index is 0.00799. The molecule has 0 aliphatic carbocycles. The Balaban J connectivity index is 1.97. The van der Waals surface area contributed by atoms with Crippen molar-refractivity contribution in [1.29, 1.82) is 0 Å². The maximum Gasteiger partial charge on any atom is 0.310 e. The number of pyridine rings is 1. The number of nitrogens with zero attached hydrogens (tertiary/aromatic N) is 2. The summed E-state index contributed by atoms with van der Waals surface area (Å²) in [5.74, 6) is 0.576. The van der Waals surface area contributed by atoms with E-state index in [9.17, 15) is 4.79 Å². The van der Waals surface area contributed by atoms with Crippen molar-refractivity contribution >= 4 is 5.97 Å². The van der Waals surface area contributed by atoms with Crippen molar-refractivity contribution < 1.29 is 14.3 Å². The van der Waals surface area contributed by atoms with Crippen molar-refractivity contribution in [1.82, 2.24) is 9.88 Å². The molecule has 1 aromatic rings. The van der Waals surface area contributed by atoms with E-state index in [1.165, 1.54) is 0 Å². The molecule has 110 valence electrons. The summed E-state index contributed by atoms with van der Waals surface area (Å²) in [5.41, 5.74) is 1.06. The number of piperidine rings is 1. The fourth-order valence-corrected chi connectivity index (χ4v) is 2.62. The van der Waals surface area contributed by atoms with Gasteiger partial charge < -0.3 is 9.47 Å². The van der Waals surface area contributed by atoms with Crippen molar-refractivity contribution in [2.75, 3.05) is 26.8 Å². The van der Waals surface area contributed by atoms with Crippen molar-refractivity contribution in [3.63, 3.8) is 0 Å². The normalized spacial score (nSPS) is 19.6. The largest absolute Gasteiger partial charge is 0.481 e. The van der Waals surface area contributed by atoms with Gasteiger partial charge in [0.25, 0.3) is 0 Å². The number of carbonyl (C=O) groups excluding carboxylic acids is 1. The smallest absolute Gasteiger partial charge is 0.310 e. The number of hydrogen-bond donors (Lipinski definition) is 0. The van der Waals surface area contributed by atoms with Crippen LogP contribution in [0.25, 0.3) is 0 Å². The van der Waals surface area contributed by atoms with Crippen LogP contribution < -0.4 is 4.74 Å². The van der Waals surface area contributed by atoms with Crippen molar-refractivity contribution in [2.24, 2.45) is 5.92 Å². The van der Waals surface area contributed by atoms with E-state index in [1.54, 1.807) is 13.3 Å². The summed E-state index contributed by atoms with van der Waals surface area (Å²) in [5, 5.41) is 0. The molecule has 1 saturated heterocycles. The van der Waals surface area contributed by atoms with Gasteiger partial charge in [-0.2, -0.15) is 0 Å². The second kappa shape index (κ2) is 7.24. The Labute approximate surface area is 119 Å². The molecule has 0 radical (unpaired) electrons. The quantitative estimate of drug-likeness (QED) is 0.770. The van der Waals surface area contributed by atoms with Crippen LogP contribution >= 0.6 is 0 Å². The summed E-state index contributed by atoms with van der Waals surface area (Å²) in [6.45, 7) is 4.79. The maximum absolute atomic E-state index is 11.8. The summed E-state index contributed by atoms with van der Waals surface area (Å²) >= 11 is 0. The first kappa shape index (κ1) is 14.8. The molecule has 0 bridgehead atoms. The summed E-state index contributed by atoms with van der Waals surface area (Å²) in [7, 11) is 1.63. The van der Waals surface area contributed by atoms with Gasteiger partial charge in [0.1, 0.15) is 0 Å². The van der Waals surface area contributed by atoms with Crippen LogP contribution in [-0.4, -0.2) is 42.7 Å². The molecular weight excluding hydrogens is 256 g/mol. The molecule has 5 heteroatoms. The number of esters is 1.